The van der Waals surface area contributed by atoms with Gasteiger partial charge in [0.1, 0.15) is 40.6 Å². The molecule has 1 aromatic carbocycles. The minimum atomic E-state index is -1.84. The molecule has 1 aliphatic carbocycles. The van der Waals surface area contributed by atoms with Crippen LogP contribution in [-0.4, -0.2) is 147 Å². The van der Waals surface area contributed by atoms with Crippen LogP contribution >= 0.6 is 23.5 Å². The molecule has 1 amide bonds. The summed E-state index contributed by atoms with van der Waals surface area (Å²) in [6, 6.07) is 6.48. The SMILES string of the molecule is CC#C/C=C\C#C[C@H](OC1OC(C)C(SC)(C(=O)c2nccc3c2[nH]c2ccc(O)cc23)C(O)C1OC1CC(OC)C(OC(C)C)CO1)C1=C(NC(=O)OC)C(=O)C[C@H](O)/C1=C/CSC(C)=O. The summed E-state index contributed by atoms with van der Waals surface area (Å²) in [7, 11) is 2.65. The number of aliphatic hydroxyl groups is 2. The fourth-order valence-corrected chi connectivity index (χ4v) is 9.91. The summed E-state index contributed by atoms with van der Waals surface area (Å²) in [6.45, 7) is 8.43. The van der Waals surface area contributed by atoms with Crippen LogP contribution in [0.2, 0.25) is 0 Å². The van der Waals surface area contributed by atoms with Crippen LogP contribution in [0.4, 0.5) is 4.79 Å². The van der Waals surface area contributed by atoms with Crippen LogP contribution in [0.3, 0.4) is 0 Å². The van der Waals surface area contributed by atoms with Crippen molar-refractivity contribution in [2.75, 3.05) is 32.8 Å². The van der Waals surface area contributed by atoms with Gasteiger partial charge in [-0.3, -0.25) is 24.7 Å². The van der Waals surface area contributed by atoms with Crippen LogP contribution in [0.25, 0.3) is 21.8 Å². The van der Waals surface area contributed by atoms with Crippen LogP contribution in [-0.2, 0) is 42.7 Å². The zero-order valence-electron chi connectivity index (χ0n) is 38.3. The second-order valence-electron chi connectivity index (χ2n) is 16.0. The van der Waals surface area contributed by atoms with Crippen LogP contribution in [0.5, 0.6) is 5.75 Å². The molecule has 5 N–H and O–H groups in total. The number of H-pyrrole nitrogens is 1. The van der Waals surface area contributed by atoms with E-state index in [0.29, 0.717) is 21.8 Å². The smallest absolute Gasteiger partial charge is 0.411 e. The van der Waals surface area contributed by atoms with Crippen molar-refractivity contribution in [3.63, 3.8) is 0 Å². The highest BCUT2D eigenvalue weighted by Crippen LogP contribution is 2.46. The first-order valence-electron chi connectivity index (χ1n) is 21.4. The zero-order valence-corrected chi connectivity index (χ0v) is 39.9. The normalized spacial score (nSPS) is 27.7. The number of aliphatic hydroxyl groups excluding tert-OH is 2. The molecule has 0 saturated carbocycles. The molecule has 2 fully saturated rings. The van der Waals surface area contributed by atoms with Gasteiger partial charge in [-0.15, -0.1) is 17.7 Å². The molecule has 17 nitrogen and oxygen atoms in total. The number of ketones is 2. The number of aromatic hydroxyl groups is 1. The molecule has 2 aromatic heterocycles. The number of nitrogens with zero attached hydrogens (tertiary/aromatic N) is 1. The fourth-order valence-electron chi connectivity index (χ4n) is 8.37. The minimum Gasteiger partial charge on any atom is -0.508 e. The molecule has 0 spiro atoms. The maximum atomic E-state index is 15.3. The number of carbonyl (C=O) groups is 4. The minimum absolute atomic E-state index is 0.0143. The molecule has 10 atom stereocenters. The summed E-state index contributed by atoms with van der Waals surface area (Å²) >= 11 is 1.97. The first-order valence-corrected chi connectivity index (χ1v) is 23.6. The highest BCUT2D eigenvalue weighted by molar-refractivity contribution is 8.13. The van der Waals surface area contributed by atoms with Crippen LogP contribution in [0.15, 0.2) is 65.5 Å². The van der Waals surface area contributed by atoms with Gasteiger partial charge >= 0.3 is 6.09 Å². The van der Waals surface area contributed by atoms with E-state index in [1.165, 1.54) is 44.5 Å². The molecule has 0 bridgehead atoms. The molecule has 8 unspecified atom stereocenters. The monoisotopic (exact) mass is 961 g/mol. The van der Waals surface area contributed by atoms with Crippen molar-refractivity contribution in [2.45, 2.75) is 114 Å². The number of phenolic OH excluding ortho intramolecular Hbond substituents is 1. The summed E-state index contributed by atoms with van der Waals surface area (Å²) in [6.07, 6.45) is -5.03. The van der Waals surface area contributed by atoms with E-state index >= 15 is 4.79 Å². The maximum absolute atomic E-state index is 15.3. The van der Waals surface area contributed by atoms with E-state index in [1.54, 1.807) is 38.3 Å². The number of benzene rings is 1. The number of amides is 1. The number of aromatic amines is 1. The number of pyridine rings is 1. The fraction of sp³-hybridized carbons (Fsp3) is 0.479. The number of carbonyl (C=O) groups excluding carboxylic acids is 4. The number of thioether (sulfide) groups is 2. The Labute approximate surface area is 396 Å². The van der Waals surface area contributed by atoms with Crippen molar-refractivity contribution in [3.05, 3.63) is 71.2 Å². The van der Waals surface area contributed by atoms with Crippen LogP contribution in [0.1, 0.15) is 57.9 Å². The van der Waals surface area contributed by atoms with E-state index in [1.807, 2.05) is 13.8 Å². The zero-order chi connectivity index (χ0) is 48.6. The summed E-state index contributed by atoms with van der Waals surface area (Å²) in [5, 5.41) is 38.2. The number of ether oxygens (including phenoxy) is 7. The second kappa shape index (κ2) is 22.8. The Bertz CT molecular complexity index is 2570. The Hall–Kier alpha value is -5.03. The molecule has 2 saturated heterocycles. The Morgan fingerprint density at radius 3 is 2.55 bits per heavy atom. The molecule has 67 heavy (non-hydrogen) atoms. The van der Waals surface area contributed by atoms with E-state index in [0.717, 1.165) is 30.6 Å². The third kappa shape index (κ3) is 11.3. The van der Waals surface area contributed by atoms with Gasteiger partial charge in [-0.05, 0) is 75.9 Å². The number of aromatic nitrogens is 2. The number of Topliss-reactive ketones (excluding diaryl/α,β-unsaturated/α-hetero) is 2. The predicted molar refractivity (Wildman–Crippen MR) is 251 cm³/mol. The lowest BCUT2D eigenvalue weighted by Gasteiger charge is -2.51. The summed E-state index contributed by atoms with van der Waals surface area (Å²) < 4.78 is 41.2. The molecule has 3 aromatic rings. The van der Waals surface area contributed by atoms with Crippen LogP contribution in [0, 0.1) is 23.7 Å². The number of alkyl carbamates (subject to hydrolysis) is 1. The quantitative estimate of drug-likeness (QED) is 0.107. The molecule has 0 radical (unpaired) electrons. The first kappa shape index (κ1) is 51.4. The van der Waals surface area contributed by atoms with Gasteiger partial charge < -0.3 is 53.5 Å². The van der Waals surface area contributed by atoms with E-state index in [9.17, 15) is 29.7 Å². The van der Waals surface area contributed by atoms with Gasteiger partial charge in [0.25, 0.3) is 0 Å². The highest BCUT2D eigenvalue weighted by Gasteiger charge is 2.61. The average Bonchev–Trinajstić information content (AvgIpc) is 3.66. The Morgan fingerprint density at radius 2 is 1.87 bits per heavy atom. The molecule has 4 heterocycles. The number of fused-ring (bicyclic) bond motifs is 3. The van der Waals surface area contributed by atoms with Gasteiger partial charge in [0.2, 0.25) is 5.78 Å². The molecular formula is C48H55N3O14S2. The number of hydrogen-bond acceptors (Lipinski definition) is 17. The molecular weight excluding hydrogens is 907 g/mol. The van der Waals surface area contributed by atoms with E-state index in [-0.39, 0.29) is 58.3 Å². The van der Waals surface area contributed by atoms with Gasteiger partial charge in [-0.1, -0.05) is 35.6 Å². The van der Waals surface area contributed by atoms with Crippen molar-refractivity contribution in [3.8, 4) is 29.4 Å². The molecule has 6 rings (SSSR count). The van der Waals surface area contributed by atoms with Crippen molar-refractivity contribution < 1.29 is 67.7 Å². The number of nitrogens with one attached hydrogen (secondary N) is 2. The van der Waals surface area contributed by atoms with Crippen molar-refractivity contribution >= 4 is 68.1 Å². The lowest BCUT2D eigenvalue weighted by atomic mass is 9.82. The molecule has 19 heteroatoms. The number of allylic oxidation sites excluding steroid dienone is 3. The topological polar surface area (TPSA) is 234 Å². The number of rotatable bonds is 14. The standard InChI is InChI=1S/C48H55N3O14S2/c1-9-10-11-12-13-14-35(39-30(18-20-67-27(5)52)33(54)22-34(55)41(39)51-47(58)60-7)64-46-43(65-38-23-36(59-6)37(24-61-38)62-25(2)3)45(57)48(66-8,26(4)63-46)44(56)42-40-29(17-19-49-42)31-21-28(53)15-16-32(31)50-40/h11-12,15-19,21,25-26,33,35-38,43,45-46,50,53-54,57H,20,22-24H2,1-8H3,(H,51,58)/b12-11-,30-18-/t26?,33-,35-,36?,37?,38?,43?,45?,46?,48?/m0/s1. The Kier molecular flexibility index (Phi) is 17.5. The van der Waals surface area contributed by atoms with Gasteiger partial charge in [-0.2, -0.15) is 0 Å². The van der Waals surface area contributed by atoms with Crippen LogP contribution < -0.4 is 5.32 Å². The number of hydrogen-bond donors (Lipinski definition) is 5. The maximum Gasteiger partial charge on any atom is 0.411 e. The highest BCUT2D eigenvalue weighted by atomic mass is 32.2. The van der Waals surface area contributed by atoms with Crippen molar-refractivity contribution in [1.29, 1.82) is 0 Å². The molecule has 3 aliphatic rings. The van der Waals surface area contributed by atoms with E-state index < -0.39 is 84.1 Å². The lowest BCUT2D eigenvalue weighted by Crippen LogP contribution is -2.68. The largest absolute Gasteiger partial charge is 0.508 e. The third-order valence-electron chi connectivity index (χ3n) is 11.5. The average molecular weight is 962 g/mol. The lowest BCUT2D eigenvalue weighted by molar-refractivity contribution is -0.328. The summed E-state index contributed by atoms with van der Waals surface area (Å²) in [5.74, 6) is 10.1. The number of phenols is 1. The van der Waals surface area contributed by atoms with Gasteiger partial charge in [0, 0.05) is 60.7 Å². The first-order chi connectivity index (χ1) is 32.1. The second-order valence-corrected chi connectivity index (χ2v) is 18.3. The summed E-state index contributed by atoms with van der Waals surface area (Å²) in [5.41, 5.74) is 0.724. The number of methoxy groups -OCH3 is 2. The Morgan fingerprint density at radius 1 is 1.10 bits per heavy atom. The van der Waals surface area contributed by atoms with Gasteiger partial charge in [0.15, 0.2) is 23.5 Å². The van der Waals surface area contributed by atoms with E-state index in [2.05, 4.69) is 39.0 Å². The van der Waals surface area contributed by atoms with Gasteiger partial charge in [-0.25, -0.2) is 4.79 Å². The predicted octanol–water partition coefficient (Wildman–Crippen LogP) is 4.87. The van der Waals surface area contributed by atoms with Crippen molar-refractivity contribution in [2.24, 2.45) is 0 Å². The molecule has 358 valence electrons. The van der Waals surface area contributed by atoms with Gasteiger partial charge in [0.05, 0.1) is 49.3 Å². The third-order valence-corrected chi connectivity index (χ3v) is 13.6. The Balaban J connectivity index is 1.50. The van der Waals surface area contributed by atoms with E-state index in [4.69, 9.17) is 33.2 Å². The summed E-state index contributed by atoms with van der Waals surface area (Å²) in [4.78, 5) is 61.7. The van der Waals surface area contributed by atoms with Crippen molar-refractivity contribution in [1.82, 2.24) is 15.3 Å². The molecule has 2 aliphatic heterocycles.